The molecule has 146 valence electrons. The largest absolute Gasteiger partial charge is 0.340 e. The third-order valence-corrected chi connectivity index (χ3v) is 5.72. The second-order valence-electron chi connectivity index (χ2n) is 7.76. The fourth-order valence-electron chi connectivity index (χ4n) is 3.90. The first-order valence-corrected chi connectivity index (χ1v) is 10.1. The highest BCUT2D eigenvalue weighted by Gasteiger charge is 2.21. The summed E-state index contributed by atoms with van der Waals surface area (Å²) in [5.41, 5.74) is 5.03. The van der Waals surface area contributed by atoms with E-state index in [1.807, 2.05) is 15.8 Å². The van der Waals surface area contributed by atoms with E-state index >= 15 is 0 Å². The van der Waals surface area contributed by atoms with Crippen LogP contribution in [0, 0.1) is 13.8 Å². The summed E-state index contributed by atoms with van der Waals surface area (Å²) in [7, 11) is 0. The quantitative estimate of drug-likeness (QED) is 0.685. The molecule has 1 aromatic heterocycles. The molecule has 1 amide bonds. The van der Waals surface area contributed by atoms with Gasteiger partial charge in [-0.05, 0) is 36.6 Å². The number of aromatic nitrogens is 2. The van der Waals surface area contributed by atoms with Gasteiger partial charge in [0.25, 0.3) is 0 Å². The number of carbonyl (C=O) groups excluding carboxylic acids is 1. The van der Waals surface area contributed by atoms with Crippen molar-refractivity contribution in [1.82, 2.24) is 19.6 Å². The van der Waals surface area contributed by atoms with E-state index in [1.54, 1.807) is 0 Å². The van der Waals surface area contributed by atoms with Crippen LogP contribution in [0.3, 0.4) is 0 Å². The summed E-state index contributed by atoms with van der Waals surface area (Å²) in [6.45, 7) is 9.33. The molecular weight excluding hydrogens is 348 g/mol. The molecule has 1 aliphatic heterocycles. The molecule has 0 atom stereocenters. The Labute approximate surface area is 166 Å². The lowest BCUT2D eigenvalue weighted by atomic mass is 10.1. The number of carbonyl (C=O) groups is 1. The minimum atomic E-state index is 0.229. The average Bonchev–Trinajstić information content (AvgIpc) is 3.10. The summed E-state index contributed by atoms with van der Waals surface area (Å²) >= 11 is 0. The van der Waals surface area contributed by atoms with Crippen LogP contribution < -0.4 is 0 Å². The number of nitrogens with zero attached hydrogens (tertiary/aromatic N) is 4. The van der Waals surface area contributed by atoms with E-state index in [-0.39, 0.29) is 5.91 Å². The Morgan fingerprint density at radius 1 is 1.04 bits per heavy atom. The van der Waals surface area contributed by atoms with E-state index in [0.29, 0.717) is 13.0 Å². The van der Waals surface area contributed by atoms with Crippen molar-refractivity contribution in [2.24, 2.45) is 0 Å². The monoisotopic (exact) mass is 376 g/mol. The number of hydrogen-bond donors (Lipinski definition) is 0. The standard InChI is InChI=1S/C23H28N4O/c1-18-7-8-20-16-24-27(22(20)15-18)10-9-23(28)26-13-11-25(12-14-26)17-21-6-4-3-5-19(21)2/h3-8,15-16H,9-14,17H2,1-2H3. The van der Waals surface area contributed by atoms with Crippen LogP contribution >= 0.6 is 0 Å². The van der Waals surface area contributed by atoms with Crippen LogP contribution in [0.5, 0.6) is 0 Å². The molecule has 3 aromatic rings. The van der Waals surface area contributed by atoms with Crippen molar-refractivity contribution in [3.05, 3.63) is 65.4 Å². The van der Waals surface area contributed by atoms with E-state index in [9.17, 15) is 4.79 Å². The topological polar surface area (TPSA) is 41.4 Å². The molecule has 0 spiro atoms. The summed E-state index contributed by atoms with van der Waals surface area (Å²) < 4.78 is 1.95. The molecular formula is C23H28N4O. The number of piperazine rings is 1. The lowest BCUT2D eigenvalue weighted by Gasteiger charge is -2.35. The van der Waals surface area contributed by atoms with E-state index in [0.717, 1.165) is 43.6 Å². The van der Waals surface area contributed by atoms with Gasteiger partial charge < -0.3 is 4.90 Å². The highest BCUT2D eigenvalue weighted by atomic mass is 16.2. The molecule has 2 heterocycles. The number of rotatable bonds is 5. The van der Waals surface area contributed by atoms with Crippen LogP contribution in [0.1, 0.15) is 23.1 Å². The summed E-state index contributed by atoms with van der Waals surface area (Å²) in [5, 5.41) is 5.59. The maximum atomic E-state index is 12.7. The Morgan fingerprint density at radius 2 is 1.82 bits per heavy atom. The van der Waals surface area contributed by atoms with Crippen molar-refractivity contribution in [3.8, 4) is 0 Å². The van der Waals surface area contributed by atoms with Gasteiger partial charge >= 0.3 is 0 Å². The van der Waals surface area contributed by atoms with Gasteiger partial charge in [0.15, 0.2) is 0 Å². The van der Waals surface area contributed by atoms with Gasteiger partial charge in [0, 0.05) is 44.5 Å². The highest BCUT2D eigenvalue weighted by Crippen LogP contribution is 2.17. The predicted octanol–water partition coefficient (Wildman–Crippen LogP) is 3.39. The fraction of sp³-hybridized carbons (Fsp3) is 0.391. The smallest absolute Gasteiger partial charge is 0.224 e. The Bertz CT molecular complexity index is 970. The molecule has 5 nitrogen and oxygen atoms in total. The number of benzene rings is 2. The zero-order valence-corrected chi connectivity index (χ0v) is 16.8. The van der Waals surface area contributed by atoms with Gasteiger partial charge in [-0.25, -0.2) is 0 Å². The molecule has 1 saturated heterocycles. The lowest BCUT2D eigenvalue weighted by molar-refractivity contribution is -0.133. The molecule has 0 bridgehead atoms. The molecule has 0 N–H and O–H groups in total. The average molecular weight is 377 g/mol. The zero-order chi connectivity index (χ0) is 19.5. The number of aryl methyl sites for hydroxylation is 3. The maximum absolute atomic E-state index is 12.7. The molecule has 4 rings (SSSR count). The van der Waals surface area contributed by atoms with Crippen LogP contribution in [0.15, 0.2) is 48.7 Å². The van der Waals surface area contributed by atoms with Gasteiger partial charge in [0.1, 0.15) is 0 Å². The third kappa shape index (κ3) is 4.09. The molecule has 1 fully saturated rings. The van der Waals surface area contributed by atoms with Crippen molar-refractivity contribution >= 4 is 16.8 Å². The van der Waals surface area contributed by atoms with Crippen LogP contribution in [-0.2, 0) is 17.9 Å². The Hall–Kier alpha value is -2.66. The van der Waals surface area contributed by atoms with Crippen LogP contribution in [-0.4, -0.2) is 51.7 Å². The second-order valence-corrected chi connectivity index (χ2v) is 7.76. The minimum Gasteiger partial charge on any atom is -0.340 e. The lowest BCUT2D eigenvalue weighted by Crippen LogP contribution is -2.48. The van der Waals surface area contributed by atoms with Gasteiger partial charge in [-0.15, -0.1) is 0 Å². The molecule has 1 aliphatic rings. The molecule has 5 heteroatoms. The Kier molecular flexibility index (Phi) is 5.44. The molecule has 0 saturated carbocycles. The van der Waals surface area contributed by atoms with Crippen molar-refractivity contribution in [3.63, 3.8) is 0 Å². The van der Waals surface area contributed by atoms with Crippen LogP contribution in [0.4, 0.5) is 0 Å². The zero-order valence-electron chi connectivity index (χ0n) is 16.8. The minimum absolute atomic E-state index is 0.229. The molecule has 0 unspecified atom stereocenters. The first kappa shape index (κ1) is 18.7. The molecule has 2 aromatic carbocycles. The normalized spacial score (nSPS) is 15.3. The van der Waals surface area contributed by atoms with Gasteiger partial charge in [0.05, 0.1) is 18.3 Å². The first-order valence-electron chi connectivity index (χ1n) is 10.1. The van der Waals surface area contributed by atoms with E-state index in [1.165, 1.54) is 16.7 Å². The van der Waals surface area contributed by atoms with E-state index in [2.05, 4.69) is 66.3 Å². The van der Waals surface area contributed by atoms with Crippen molar-refractivity contribution in [1.29, 1.82) is 0 Å². The molecule has 0 radical (unpaired) electrons. The van der Waals surface area contributed by atoms with Crippen molar-refractivity contribution < 1.29 is 4.79 Å². The molecule has 28 heavy (non-hydrogen) atoms. The SMILES string of the molecule is Cc1ccc2cnn(CCC(=O)N3CCN(Cc4ccccc4C)CC3)c2c1. The highest BCUT2D eigenvalue weighted by molar-refractivity contribution is 5.80. The first-order chi connectivity index (χ1) is 13.6. The van der Waals surface area contributed by atoms with Gasteiger partial charge in [-0.1, -0.05) is 36.4 Å². The van der Waals surface area contributed by atoms with Gasteiger partial charge in [0.2, 0.25) is 5.91 Å². The van der Waals surface area contributed by atoms with Gasteiger partial charge in [-0.2, -0.15) is 5.10 Å². The number of hydrogen-bond acceptors (Lipinski definition) is 3. The summed E-state index contributed by atoms with van der Waals surface area (Å²) in [5.74, 6) is 0.229. The van der Waals surface area contributed by atoms with Crippen molar-refractivity contribution in [2.45, 2.75) is 33.4 Å². The third-order valence-electron chi connectivity index (χ3n) is 5.72. The van der Waals surface area contributed by atoms with Gasteiger partial charge in [-0.3, -0.25) is 14.4 Å². The number of amides is 1. The maximum Gasteiger partial charge on any atom is 0.224 e. The molecule has 0 aliphatic carbocycles. The summed E-state index contributed by atoms with van der Waals surface area (Å²) in [4.78, 5) is 17.1. The van der Waals surface area contributed by atoms with Crippen LogP contribution in [0.2, 0.25) is 0 Å². The van der Waals surface area contributed by atoms with Crippen LogP contribution in [0.25, 0.3) is 10.9 Å². The number of fused-ring (bicyclic) bond motifs is 1. The Balaban J connectivity index is 1.29. The summed E-state index contributed by atoms with van der Waals surface area (Å²) in [6, 6.07) is 14.9. The van der Waals surface area contributed by atoms with E-state index < -0.39 is 0 Å². The summed E-state index contributed by atoms with van der Waals surface area (Å²) in [6.07, 6.45) is 2.38. The Morgan fingerprint density at radius 3 is 2.61 bits per heavy atom. The van der Waals surface area contributed by atoms with Crippen molar-refractivity contribution in [2.75, 3.05) is 26.2 Å². The fourth-order valence-corrected chi connectivity index (χ4v) is 3.90. The second kappa shape index (κ2) is 8.15. The van der Waals surface area contributed by atoms with E-state index in [4.69, 9.17) is 0 Å². The predicted molar refractivity (Wildman–Crippen MR) is 112 cm³/mol.